The Morgan fingerprint density at radius 3 is 2.53 bits per heavy atom. The first-order valence-electron chi connectivity index (χ1n) is 14.4. The van der Waals surface area contributed by atoms with Gasteiger partial charge in [-0.1, -0.05) is 55.8 Å². The van der Waals surface area contributed by atoms with Crippen LogP contribution in [0.5, 0.6) is 0 Å². The van der Waals surface area contributed by atoms with Crippen molar-refractivity contribution in [2.24, 2.45) is 5.92 Å². The molecule has 4 rings (SSSR count). The van der Waals surface area contributed by atoms with Crippen LogP contribution in [0.3, 0.4) is 0 Å². The highest BCUT2D eigenvalue weighted by Crippen LogP contribution is 2.25. The van der Waals surface area contributed by atoms with E-state index in [1.165, 1.54) is 23.1 Å². The lowest BCUT2D eigenvalue weighted by Gasteiger charge is -2.28. The Bertz CT molecular complexity index is 1350. The van der Waals surface area contributed by atoms with Gasteiger partial charge in [-0.15, -0.1) is 0 Å². The number of nitrogens with zero attached hydrogens (tertiary/aromatic N) is 1. The second-order valence-electron chi connectivity index (χ2n) is 11.2. The third-order valence-corrected chi connectivity index (χ3v) is 7.52. The molecule has 0 saturated carbocycles. The lowest BCUT2D eigenvalue weighted by atomic mass is 10.1. The molecular formula is C31H37ClN4O7. The van der Waals surface area contributed by atoms with Gasteiger partial charge in [-0.25, -0.2) is 0 Å². The minimum Gasteiger partial charge on any atom is -0.433 e. The number of esters is 1. The maximum atomic E-state index is 13.3. The van der Waals surface area contributed by atoms with E-state index in [1.54, 1.807) is 6.92 Å². The molecule has 0 unspecified atom stereocenters. The van der Waals surface area contributed by atoms with Crippen molar-refractivity contribution in [1.29, 1.82) is 0 Å². The van der Waals surface area contributed by atoms with Gasteiger partial charge in [0.1, 0.15) is 18.1 Å². The quantitative estimate of drug-likeness (QED) is 0.330. The average Bonchev–Trinajstić information content (AvgIpc) is 3.59. The second kappa shape index (κ2) is 14.5. The molecule has 0 bridgehead atoms. The lowest BCUT2D eigenvalue weighted by Crippen LogP contribution is -2.54. The fourth-order valence-corrected chi connectivity index (χ4v) is 5.29. The van der Waals surface area contributed by atoms with Crippen molar-refractivity contribution in [1.82, 2.24) is 15.5 Å². The number of halogens is 1. The van der Waals surface area contributed by atoms with Crippen LogP contribution in [0.1, 0.15) is 62.4 Å². The van der Waals surface area contributed by atoms with Gasteiger partial charge in [-0.2, -0.15) is 0 Å². The minimum absolute atomic E-state index is 0.0406. The largest absolute Gasteiger partial charge is 0.433 e. The minimum atomic E-state index is -0.942. The van der Waals surface area contributed by atoms with E-state index in [1.807, 2.05) is 44.2 Å². The Labute approximate surface area is 255 Å². The molecule has 0 aromatic heterocycles. The van der Waals surface area contributed by atoms with Crippen LogP contribution in [0.15, 0.2) is 48.5 Å². The van der Waals surface area contributed by atoms with Crippen LogP contribution in [0, 0.1) is 5.92 Å². The van der Waals surface area contributed by atoms with Gasteiger partial charge in [0.15, 0.2) is 0 Å². The van der Waals surface area contributed by atoms with Gasteiger partial charge < -0.3 is 30.3 Å². The van der Waals surface area contributed by atoms with Crippen LogP contribution in [-0.2, 0) is 35.3 Å². The highest BCUT2D eigenvalue weighted by molar-refractivity contribution is 6.34. The van der Waals surface area contributed by atoms with Crippen molar-refractivity contribution < 1.29 is 33.4 Å². The summed E-state index contributed by atoms with van der Waals surface area (Å²) >= 11 is 6.30. The molecule has 230 valence electrons. The molecule has 2 saturated heterocycles. The van der Waals surface area contributed by atoms with Crippen molar-refractivity contribution in [2.75, 3.05) is 11.9 Å². The molecule has 3 N–H and O–H groups in total. The lowest BCUT2D eigenvalue weighted by molar-refractivity contribution is -0.168. The van der Waals surface area contributed by atoms with E-state index < -0.39 is 48.1 Å². The third kappa shape index (κ3) is 8.55. The summed E-state index contributed by atoms with van der Waals surface area (Å²) in [5.41, 5.74) is 1.50. The smallest absolute Gasteiger partial charge is 0.310 e. The second-order valence-corrected chi connectivity index (χ2v) is 11.6. The fraction of sp³-hybridized carbons (Fsp3) is 0.452. The molecule has 2 fully saturated rings. The summed E-state index contributed by atoms with van der Waals surface area (Å²) < 4.78 is 11.0. The SMILES string of the molecule is CC(C)CC(=O)Nc1ccc(C(=O)N[C@@H](C)C(=O)N2CCC[C@H]2C(=O)N[C@H]2CC(=O)O[C@H]2OCc2ccccc2)cc1Cl. The number of anilines is 1. The Morgan fingerprint density at radius 1 is 1.09 bits per heavy atom. The zero-order chi connectivity index (χ0) is 31.1. The number of cyclic esters (lactones) is 1. The molecule has 2 heterocycles. The first-order valence-corrected chi connectivity index (χ1v) is 14.8. The summed E-state index contributed by atoms with van der Waals surface area (Å²) in [6.45, 7) is 5.96. The number of rotatable bonds is 11. The normalized spacial score (nSPS) is 20.4. The molecule has 2 aromatic carbocycles. The molecule has 0 radical (unpaired) electrons. The summed E-state index contributed by atoms with van der Waals surface area (Å²) in [4.78, 5) is 65.0. The van der Waals surface area contributed by atoms with E-state index in [-0.39, 0.29) is 35.4 Å². The van der Waals surface area contributed by atoms with Crippen LogP contribution < -0.4 is 16.0 Å². The van der Waals surface area contributed by atoms with E-state index in [0.717, 1.165) is 5.56 Å². The van der Waals surface area contributed by atoms with Gasteiger partial charge in [-0.3, -0.25) is 24.0 Å². The Morgan fingerprint density at radius 2 is 1.84 bits per heavy atom. The van der Waals surface area contributed by atoms with Crippen LogP contribution in [0.2, 0.25) is 5.02 Å². The van der Waals surface area contributed by atoms with Crippen molar-refractivity contribution in [3.8, 4) is 0 Å². The van der Waals surface area contributed by atoms with E-state index in [4.69, 9.17) is 21.1 Å². The van der Waals surface area contributed by atoms with Gasteiger partial charge >= 0.3 is 5.97 Å². The van der Waals surface area contributed by atoms with Crippen molar-refractivity contribution in [3.63, 3.8) is 0 Å². The molecule has 0 aliphatic carbocycles. The highest BCUT2D eigenvalue weighted by Gasteiger charge is 2.41. The summed E-state index contributed by atoms with van der Waals surface area (Å²) in [5, 5.41) is 8.42. The van der Waals surface area contributed by atoms with Crippen LogP contribution in [0.25, 0.3) is 0 Å². The summed E-state index contributed by atoms with van der Waals surface area (Å²) in [7, 11) is 0. The topological polar surface area (TPSA) is 143 Å². The van der Waals surface area contributed by atoms with Gasteiger partial charge in [-0.05, 0) is 49.4 Å². The molecule has 11 nitrogen and oxygen atoms in total. The molecular weight excluding hydrogens is 576 g/mol. The van der Waals surface area contributed by atoms with Crippen molar-refractivity contribution in [2.45, 2.75) is 77.5 Å². The van der Waals surface area contributed by atoms with E-state index in [0.29, 0.717) is 31.5 Å². The molecule has 2 aromatic rings. The number of ether oxygens (including phenoxy) is 2. The van der Waals surface area contributed by atoms with Crippen LogP contribution in [-0.4, -0.2) is 65.5 Å². The molecule has 4 amide bonds. The maximum absolute atomic E-state index is 13.3. The average molecular weight is 613 g/mol. The number of likely N-dealkylation sites (tertiary alicyclic amines) is 1. The number of amides is 4. The summed E-state index contributed by atoms with van der Waals surface area (Å²) in [5.74, 6) is -1.83. The monoisotopic (exact) mass is 612 g/mol. The molecule has 0 spiro atoms. The number of hydrogen-bond acceptors (Lipinski definition) is 7. The highest BCUT2D eigenvalue weighted by atomic mass is 35.5. The van der Waals surface area contributed by atoms with Crippen LogP contribution in [0.4, 0.5) is 5.69 Å². The number of hydrogen-bond donors (Lipinski definition) is 3. The van der Waals surface area contributed by atoms with Gasteiger partial charge in [0.2, 0.25) is 24.0 Å². The first-order chi connectivity index (χ1) is 20.5. The maximum Gasteiger partial charge on any atom is 0.310 e. The zero-order valence-electron chi connectivity index (χ0n) is 24.4. The first kappa shape index (κ1) is 32.0. The van der Waals surface area contributed by atoms with E-state index >= 15 is 0 Å². The van der Waals surface area contributed by atoms with Gasteiger partial charge in [0.25, 0.3) is 5.91 Å². The molecule has 43 heavy (non-hydrogen) atoms. The predicted molar refractivity (Wildman–Crippen MR) is 159 cm³/mol. The number of carbonyl (C=O) groups excluding carboxylic acids is 5. The summed E-state index contributed by atoms with van der Waals surface area (Å²) in [6.07, 6.45) is 0.402. The number of carbonyl (C=O) groups is 5. The number of benzene rings is 2. The zero-order valence-corrected chi connectivity index (χ0v) is 25.2. The Hall–Kier alpha value is -3.96. The molecule has 2 aliphatic rings. The Kier molecular flexibility index (Phi) is 10.8. The van der Waals surface area contributed by atoms with Crippen LogP contribution >= 0.6 is 11.6 Å². The predicted octanol–water partition coefficient (Wildman–Crippen LogP) is 3.41. The molecule has 4 atom stereocenters. The van der Waals surface area contributed by atoms with Crippen molar-refractivity contribution in [3.05, 3.63) is 64.7 Å². The third-order valence-electron chi connectivity index (χ3n) is 7.20. The summed E-state index contributed by atoms with van der Waals surface area (Å²) in [6, 6.07) is 11.5. The van der Waals surface area contributed by atoms with E-state index in [2.05, 4.69) is 16.0 Å². The van der Waals surface area contributed by atoms with Crippen molar-refractivity contribution >= 4 is 46.9 Å². The van der Waals surface area contributed by atoms with E-state index in [9.17, 15) is 24.0 Å². The van der Waals surface area contributed by atoms with Gasteiger partial charge in [0.05, 0.1) is 23.7 Å². The van der Waals surface area contributed by atoms with Gasteiger partial charge in [0, 0.05) is 18.5 Å². The number of nitrogens with one attached hydrogen (secondary N) is 3. The fourth-order valence-electron chi connectivity index (χ4n) is 5.06. The molecule has 2 aliphatic heterocycles. The standard InChI is InChI=1S/C31H37ClN4O7/c1-18(2)14-26(37)34-23-12-11-21(15-22(23)32)28(39)33-19(3)30(41)36-13-7-10-25(36)29(40)35-24-16-27(38)43-31(24)42-17-20-8-5-4-6-9-20/h4-6,8-9,11-12,15,18-19,24-25,31H,7,10,13-14,16-17H2,1-3H3,(H,33,39)(H,34,37)(H,35,40)/t19-,24-,25-,31+/m0/s1. The molecule has 12 heteroatoms. The Balaban J connectivity index is 1.32.